The van der Waals surface area contributed by atoms with Crippen molar-refractivity contribution >= 4 is 0 Å². The zero-order chi connectivity index (χ0) is 16.8. The van der Waals surface area contributed by atoms with Crippen LogP contribution in [0.15, 0.2) is 61.2 Å². The molecule has 0 fully saturated rings. The van der Waals surface area contributed by atoms with E-state index in [9.17, 15) is 4.39 Å². The molecule has 4 nitrogen and oxygen atoms in total. The fourth-order valence-corrected chi connectivity index (χ4v) is 2.76. The molecule has 120 valence electrons. The highest BCUT2D eigenvalue weighted by molar-refractivity contribution is 5.33. The van der Waals surface area contributed by atoms with E-state index in [0.29, 0.717) is 5.56 Å². The third-order valence-electron chi connectivity index (χ3n) is 4.04. The molecule has 3 aromatic rings. The van der Waals surface area contributed by atoms with E-state index < -0.39 is 0 Å². The first kappa shape index (κ1) is 15.9. The molecule has 1 atom stereocenters. The number of benzene rings is 2. The van der Waals surface area contributed by atoms with Crippen LogP contribution in [0.25, 0.3) is 0 Å². The molecule has 0 aliphatic rings. The van der Waals surface area contributed by atoms with Gasteiger partial charge in [0, 0.05) is 0 Å². The van der Waals surface area contributed by atoms with Gasteiger partial charge in [-0.05, 0) is 54.7 Å². The van der Waals surface area contributed by atoms with Crippen LogP contribution in [0.5, 0.6) is 0 Å². The van der Waals surface area contributed by atoms with Gasteiger partial charge in [0.25, 0.3) is 0 Å². The second kappa shape index (κ2) is 7.51. The van der Waals surface area contributed by atoms with E-state index >= 15 is 0 Å². The van der Waals surface area contributed by atoms with Gasteiger partial charge >= 0.3 is 0 Å². The molecule has 1 aromatic heterocycles. The van der Waals surface area contributed by atoms with Gasteiger partial charge in [-0.25, -0.2) is 14.1 Å². The highest BCUT2D eigenvalue weighted by Gasteiger charge is 2.14. The molecule has 0 aliphatic carbocycles. The zero-order valence-electron chi connectivity index (χ0n) is 13.1. The topological polar surface area (TPSA) is 54.5 Å². The summed E-state index contributed by atoms with van der Waals surface area (Å²) in [6.45, 7) is 0. The lowest BCUT2D eigenvalue weighted by Gasteiger charge is -2.17. The minimum atomic E-state index is -0.211. The summed E-state index contributed by atoms with van der Waals surface area (Å²) in [5, 5.41) is 13.2. The molecule has 0 amide bonds. The van der Waals surface area contributed by atoms with E-state index in [1.807, 2.05) is 41.1 Å². The van der Waals surface area contributed by atoms with Crippen LogP contribution in [0.4, 0.5) is 4.39 Å². The first-order valence-electron chi connectivity index (χ1n) is 7.85. The van der Waals surface area contributed by atoms with Gasteiger partial charge in [-0.15, -0.1) is 0 Å². The molecule has 0 aliphatic heterocycles. The Bertz CT molecular complexity index is 802. The van der Waals surface area contributed by atoms with Crippen molar-refractivity contribution in [1.29, 1.82) is 5.26 Å². The van der Waals surface area contributed by atoms with E-state index in [0.717, 1.165) is 30.4 Å². The normalized spacial score (nSPS) is 11.8. The van der Waals surface area contributed by atoms with Crippen LogP contribution in [-0.4, -0.2) is 14.8 Å². The Morgan fingerprint density at radius 1 is 1.08 bits per heavy atom. The maximum Gasteiger partial charge on any atom is 0.137 e. The average Bonchev–Trinajstić information content (AvgIpc) is 3.15. The summed E-state index contributed by atoms with van der Waals surface area (Å²) in [5.74, 6) is -0.211. The summed E-state index contributed by atoms with van der Waals surface area (Å²) < 4.78 is 14.8. The summed E-state index contributed by atoms with van der Waals surface area (Å²) in [6.07, 6.45) is 5.93. The Balaban J connectivity index is 1.71. The standard InChI is InChI=1S/C19H17FN4/c20-18-10-6-15(7-11-18)2-1-3-19(24-14-22-13-23-24)17-8-4-16(12-21)5-9-17/h4-11,13-14,19H,1-3H2. The molecule has 2 aromatic carbocycles. The van der Waals surface area contributed by atoms with Gasteiger partial charge in [-0.3, -0.25) is 0 Å². The highest BCUT2D eigenvalue weighted by Crippen LogP contribution is 2.24. The fraction of sp³-hybridized carbons (Fsp3) is 0.211. The number of hydrogen-bond acceptors (Lipinski definition) is 3. The summed E-state index contributed by atoms with van der Waals surface area (Å²) >= 11 is 0. The van der Waals surface area contributed by atoms with Gasteiger partial charge in [0.1, 0.15) is 18.5 Å². The van der Waals surface area contributed by atoms with Crippen LogP contribution < -0.4 is 0 Å². The van der Waals surface area contributed by atoms with Crippen LogP contribution >= 0.6 is 0 Å². The number of rotatable bonds is 6. The van der Waals surface area contributed by atoms with Crippen molar-refractivity contribution in [3.05, 3.63) is 83.7 Å². The van der Waals surface area contributed by atoms with Crippen LogP contribution in [-0.2, 0) is 6.42 Å². The van der Waals surface area contributed by atoms with Crippen molar-refractivity contribution in [2.45, 2.75) is 25.3 Å². The van der Waals surface area contributed by atoms with Crippen molar-refractivity contribution < 1.29 is 4.39 Å². The Hall–Kier alpha value is -3.00. The smallest absolute Gasteiger partial charge is 0.137 e. The lowest BCUT2D eigenvalue weighted by molar-refractivity contribution is 0.473. The predicted molar refractivity (Wildman–Crippen MR) is 88.7 cm³/mol. The third-order valence-corrected chi connectivity index (χ3v) is 4.04. The maximum absolute atomic E-state index is 13.0. The van der Waals surface area contributed by atoms with Gasteiger partial charge < -0.3 is 0 Å². The second-order valence-electron chi connectivity index (χ2n) is 5.64. The molecule has 0 radical (unpaired) electrons. The van der Waals surface area contributed by atoms with E-state index in [1.165, 1.54) is 18.5 Å². The first-order valence-corrected chi connectivity index (χ1v) is 7.85. The first-order chi connectivity index (χ1) is 11.8. The number of aromatic nitrogens is 3. The summed E-state index contributed by atoms with van der Waals surface area (Å²) in [6, 6.07) is 16.4. The number of aryl methyl sites for hydroxylation is 1. The summed E-state index contributed by atoms with van der Waals surface area (Å²) in [7, 11) is 0. The molecule has 1 unspecified atom stereocenters. The van der Waals surface area contributed by atoms with Crippen molar-refractivity contribution in [3.63, 3.8) is 0 Å². The number of hydrogen-bond donors (Lipinski definition) is 0. The zero-order valence-corrected chi connectivity index (χ0v) is 13.1. The van der Waals surface area contributed by atoms with E-state index in [4.69, 9.17) is 5.26 Å². The minimum Gasteiger partial charge on any atom is -0.245 e. The average molecular weight is 320 g/mol. The molecular weight excluding hydrogens is 303 g/mol. The van der Waals surface area contributed by atoms with E-state index in [-0.39, 0.29) is 11.9 Å². The molecule has 5 heteroatoms. The second-order valence-corrected chi connectivity index (χ2v) is 5.64. The fourth-order valence-electron chi connectivity index (χ4n) is 2.76. The largest absolute Gasteiger partial charge is 0.245 e. The molecule has 1 heterocycles. The van der Waals surface area contributed by atoms with Gasteiger partial charge in [0.2, 0.25) is 0 Å². The van der Waals surface area contributed by atoms with Crippen LogP contribution in [0.3, 0.4) is 0 Å². The molecule has 0 saturated carbocycles. The van der Waals surface area contributed by atoms with Crippen molar-refractivity contribution in [1.82, 2.24) is 14.8 Å². The molecule has 3 rings (SSSR count). The Kier molecular flexibility index (Phi) is 4.97. The Morgan fingerprint density at radius 3 is 2.46 bits per heavy atom. The molecule has 24 heavy (non-hydrogen) atoms. The van der Waals surface area contributed by atoms with Crippen LogP contribution in [0.2, 0.25) is 0 Å². The highest BCUT2D eigenvalue weighted by atomic mass is 19.1. The molecule has 0 spiro atoms. The lowest BCUT2D eigenvalue weighted by atomic mass is 9.98. The van der Waals surface area contributed by atoms with Crippen molar-refractivity contribution in [3.8, 4) is 6.07 Å². The summed E-state index contributed by atoms with van der Waals surface area (Å²) in [5.41, 5.74) is 2.86. The quantitative estimate of drug-likeness (QED) is 0.692. The van der Waals surface area contributed by atoms with Gasteiger partial charge in [-0.2, -0.15) is 10.4 Å². The van der Waals surface area contributed by atoms with E-state index in [1.54, 1.807) is 6.33 Å². The van der Waals surface area contributed by atoms with Gasteiger partial charge in [-0.1, -0.05) is 24.3 Å². The van der Waals surface area contributed by atoms with Gasteiger partial charge in [0.15, 0.2) is 0 Å². The summed E-state index contributed by atoms with van der Waals surface area (Å²) in [4.78, 5) is 4.04. The minimum absolute atomic E-state index is 0.0701. The van der Waals surface area contributed by atoms with E-state index in [2.05, 4.69) is 16.2 Å². The molecular formula is C19H17FN4. The van der Waals surface area contributed by atoms with Crippen LogP contribution in [0, 0.1) is 17.1 Å². The number of nitriles is 1. The Morgan fingerprint density at radius 2 is 1.83 bits per heavy atom. The van der Waals surface area contributed by atoms with Crippen LogP contribution in [0.1, 0.15) is 35.6 Å². The maximum atomic E-state index is 13.0. The van der Waals surface area contributed by atoms with Gasteiger partial charge in [0.05, 0.1) is 17.7 Å². The van der Waals surface area contributed by atoms with Crippen molar-refractivity contribution in [2.75, 3.05) is 0 Å². The number of nitrogens with zero attached hydrogens (tertiary/aromatic N) is 4. The lowest BCUT2D eigenvalue weighted by Crippen LogP contribution is -2.12. The predicted octanol–water partition coefficient (Wildman–Crippen LogP) is 3.90. The van der Waals surface area contributed by atoms with Crippen molar-refractivity contribution in [2.24, 2.45) is 0 Å². The third kappa shape index (κ3) is 3.85. The molecule has 0 N–H and O–H groups in total. The SMILES string of the molecule is N#Cc1ccc(C(CCCc2ccc(F)cc2)n2cncn2)cc1. The number of halogens is 1. The molecule has 0 bridgehead atoms. The Labute approximate surface area is 140 Å². The molecule has 0 saturated heterocycles. The monoisotopic (exact) mass is 320 g/mol.